The van der Waals surface area contributed by atoms with Gasteiger partial charge >= 0.3 is 5.97 Å². The number of ether oxygens (including phenoxy) is 1. The average molecular weight is 274 g/mol. The van der Waals surface area contributed by atoms with Crippen molar-refractivity contribution in [2.75, 3.05) is 6.61 Å². The van der Waals surface area contributed by atoms with E-state index in [0.717, 1.165) is 28.5 Å². The van der Waals surface area contributed by atoms with Crippen LogP contribution in [0.1, 0.15) is 54.7 Å². The molecule has 0 aliphatic heterocycles. The van der Waals surface area contributed by atoms with Crippen LogP contribution in [0, 0.1) is 6.92 Å². The number of aryl methyl sites for hydroxylation is 1. The molecular weight excluding hydrogens is 252 g/mol. The Kier molecular flexibility index (Phi) is 5.68. The highest BCUT2D eigenvalue weighted by Gasteiger charge is 2.27. The lowest BCUT2D eigenvalue weighted by Crippen LogP contribution is -2.08. The standard InChI is InChI=1S/C15H16O3.C2H6/c1-4-18-15(17)13-7-12-9(2)5-6-11(8-16)14(12)10(13)3;1-2/h5-6,8H,4,7H2,1-3H3;1-2H3. The van der Waals surface area contributed by atoms with Gasteiger partial charge in [0.2, 0.25) is 0 Å². The number of benzene rings is 1. The lowest BCUT2D eigenvalue weighted by molar-refractivity contribution is -0.138. The maximum absolute atomic E-state index is 11.9. The Labute approximate surface area is 120 Å². The molecule has 3 heteroatoms. The molecular formula is C17H22O3. The fourth-order valence-electron chi connectivity index (χ4n) is 2.44. The molecule has 0 saturated carbocycles. The molecule has 0 radical (unpaired) electrons. The van der Waals surface area contributed by atoms with E-state index in [0.29, 0.717) is 24.2 Å². The summed E-state index contributed by atoms with van der Waals surface area (Å²) >= 11 is 0. The van der Waals surface area contributed by atoms with Gasteiger partial charge in [-0.2, -0.15) is 0 Å². The minimum absolute atomic E-state index is 0.276. The largest absolute Gasteiger partial charge is 0.463 e. The number of hydrogen-bond acceptors (Lipinski definition) is 3. The normalized spacial score (nSPS) is 12.4. The van der Waals surface area contributed by atoms with Crippen LogP contribution in [0.2, 0.25) is 0 Å². The first-order chi connectivity index (χ1) is 9.60. The fourth-order valence-corrected chi connectivity index (χ4v) is 2.44. The molecule has 0 amide bonds. The van der Waals surface area contributed by atoms with Gasteiger partial charge in [-0.15, -0.1) is 0 Å². The van der Waals surface area contributed by atoms with E-state index in [1.807, 2.05) is 33.8 Å². The molecule has 0 spiro atoms. The van der Waals surface area contributed by atoms with Crippen LogP contribution in [-0.4, -0.2) is 18.9 Å². The van der Waals surface area contributed by atoms with Gasteiger partial charge in [0.05, 0.1) is 6.61 Å². The summed E-state index contributed by atoms with van der Waals surface area (Å²) in [4.78, 5) is 23.0. The van der Waals surface area contributed by atoms with Gasteiger partial charge in [-0.05, 0) is 43.0 Å². The van der Waals surface area contributed by atoms with E-state index in [1.165, 1.54) is 0 Å². The fraction of sp³-hybridized carbons (Fsp3) is 0.412. The predicted octanol–water partition coefficient (Wildman–Crippen LogP) is 3.73. The molecule has 0 unspecified atom stereocenters. The topological polar surface area (TPSA) is 43.4 Å². The van der Waals surface area contributed by atoms with Crippen LogP contribution in [0.25, 0.3) is 5.57 Å². The van der Waals surface area contributed by atoms with E-state index in [4.69, 9.17) is 4.74 Å². The van der Waals surface area contributed by atoms with Crippen molar-refractivity contribution in [1.82, 2.24) is 0 Å². The van der Waals surface area contributed by atoms with Crippen LogP contribution in [-0.2, 0) is 16.0 Å². The third-order valence-electron chi connectivity index (χ3n) is 3.41. The van der Waals surface area contributed by atoms with E-state index in [9.17, 15) is 9.59 Å². The van der Waals surface area contributed by atoms with Crippen LogP contribution in [0.3, 0.4) is 0 Å². The van der Waals surface area contributed by atoms with E-state index in [1.54, 1.807) is 13.0 Å². The summed E-state index contributed by atoms with van der Waals surface area (Å²) in [5.74, 6) is -0.276. The molecule has 0 aromatic heterocycles. The van der Waals surface area contributed by atoms with Gasteiger partial charge in [-0.25, -0.2) is 4.79 Å². The van der Waals surface area contributed by atoms with Crippen molar-refractivity contribution >= 4 is 17.8 Å². The maximum atomic E-state index is 11.9. The molecule has 0 atom stereocenters. The monoisotopic (exact) mass is 274 g/mol. The lowest BCUT2D eigenvalue weighted by Gasteiger charge is -2.07. The molecule has 1 aliphatic rings. The number of aldehydes is 1. The number of fused-ring (bicyclic) bond motifs is 1. The first kappa shape index (κ1) is 16.2. The van der Waals surface area contributed by atoms with Crippen molar-refractivity contribution in [2.45, 2.75) is 41.0 Å². The number of hydrogen-bond donors (Lipinski definition) is 0. The highest BCUT2D eigenvalue weighted by Crippen LogP contribution is 2.36. The molecule has 3 nitrogen and oxygen atoms in total. The lowest BCUT2D eigenvalue weighted by atomic mass is 9.96. The summed E-state index contributed by atoms with van der Waals surface area (Å²) in [5.41, 5.74) is 5.27. The van der Waals surface area contributed by atoms with Crippen LogP contribution in [0.15, 0.2) is 17.7 Å². The van der Waals surface area contributed by atoms with E-state index < -0.39 is 0 Å². The minimum Gasteiger partial charge on any atom is -0.463 e. The summed E-state index contributed by atoms with van der Waals surface area (Å²) in [6, 6.07) is 3.72. The Morgan fingerprint density at radius 3 is 2.50 bits per heavy atom. The second-order valence-corrected chi connectivity index (χ2v) is 4.44. The van der Waals surface area contributed by atoms with Gasteiger partial charge in [0.25, 0.3) is 0 Å². The molecule has 0 bridgehead atoms. The van der Waals surface area contributed by atoms with E-state index in [-0.39, 0.29) is 5.97 Å². The molecule has 0 saturated heterocycles. The van der Waals surface area contributed by atoms with Crippen molar-refractivity contribution in [1.29, 1.82) is 0 Å². The molecule has 20 heavy (non-hydrogen) atoms. The predicted molar refractivity (Wildman–Crippen MR) is 80.8 cm³/mol. The molecule has 0 heterocycles. The zero-order chi connectivity index (χ0) is 15.3. The van der Waals surface area contributed by atoms with Gasteiger partial charge in [0.1, 0.15) is 0 Å². The number of allylic oxidation sites excluding steroid dienone is 1. The first-order valence-corrected chi connectivity index (χ1v) is 7.05. The zero-order valence-electron chi connectivity index (χ0n) is 12.9. The third-order valence-corrected chi connectivity index (χ3v) is 3.41. The first-order valence-electron chi connectivity index (χ1n) is 7.05. The van der Waals surface area contributed by atoms with Crippen LogP contribution in [0.5, 0.6) is 0 Å². The highest BCUT2D eigenvalue weighted by molar-refractivity contribution is 6.03. The van der Waals surface area contributed by atoms with E-state index in [2.05, 4.69) is 0 Å². The number of carbonyl (C=O) groups is 2. The zero-order valence-corrected chi connectivity index (χ0v) is 12.9. The minimum atomic E-state index is -0.276. The van der Waals surface area contributed by atoms with Crippen molar-refractivity contribution in [3.63, 3.8) is 0 Å². The highest BCUT2D eigenvalue weighted by atomic mass is 16.5. The third kappa shape index (κ3) is 2.82. The molecule has 0 fully saturated rings. The summed E-state index contributed by atoms with van der Waals surface area (Å²) in [6.45, 7) is 10.0. The quantitative estimate of drug-likeness (QED) is 0.623. The molecule has 1 aromatic carbocycles. The second kappa shape index (κ2) is 7.04. The smallest absolute Gasteiger partial charge is 0.334 e. The van der Waals surface area contributed by atoms with Gasteiger partial charge in [-0.1, -0.05) is 26.0 Å². The molecule has 1 aliphatic carbocycles. The Morgan fingerprint density at radius 2 is 1.95 bits per heavy atom. The van der Waals surface area contributed by atoms with Crippen molar-refractivity contribution in [3.05, 3.63) is 40.0 Å². The Balaban J connectivity index is 0.000000956. The summed E-state index contributed by atoms with van der Waals surface area (Å²) in [6.07, 6.45) is 1.41. The van der Waals surface area contributed by atoms with Gasteiger partial charge in [0, 0.05) is 17.6 Å². The van der Waals surface area contributed by atoms with Gasteiger partial charge < -0.3 is 4.74 Å². The van der Waals surface area contributed by atoms with Crippen molar-refractivity contribution in [3.8, 4) is 0 Å². The number of esters is 1. The average Bonchev–Trinajstić information content (AvgIpc) is 2.81. The van der Waals surface area contributed by atoms with Crippen LogP contribution >= 0.6 is 0 Å². The Morgan fingerprint density at radius 1 is 1.30 bits per heavy atom. The van der Waals surface area contributed by atoms with Gasteiger partial charge in [0.15, 0.2) is 6.29 Å². The van der Waals surface area contributed by atoms with Crippen LogP contribution in [0.4, 0.5) is 0 Å². The number of carbonyl (C=O) groups excluding carboxylic acids is 2. The Bertz CT molecular complexity index is 554. The Hall–Kier alpha value is -1.90. The molecule has 108 valence electrons. The molecule has 2 rings (SSSR count). The number of rotatable bonds is 3. The summed E-state index contributed by atoms with van der Waals surface area (Å²) < 4.78 is 5.06. The van der Waals surface area contributed by atoms with Crippen molar-refractivity contribution in [2.24, 2.45) is 0 Å². The molecule has 0 N–H and O–H groups in total. The van der Waals surface area contributed by atoms with Crippen molar-refractivity contribution < 1.29 is 14.3 Å². The van der Waals surface area contributed by atoms with Gasteiger partial charge in [-0.3, -0.25) is 4.79 Å². The van der Waals surface area contributed by atoms with Crippen LogP contribution < -0.4 is 0 Å². The summed E-state index contributed by atoms with van der Waals surface area (Å²) in [7, 11) is 0. The van der Waals surface area contributed by atoms with E-state index >= 15 is 0 Å². The maximum Gasteiger partial charge on any atom is 0.334 e. The SMILES string of the molecule is CC.CCOC(=O)C1=C(C)c2c(C=O)ccc(C)c2C1. The summed E-state index contributed by atoms with van der Waals surface area (Å²) in [5, 5.41) is 0. The second-order valence-electron chi connectivity index (χ2n) is 4.44. The molecule has 1 aromatic rings.